The number of benzene rings is 2. The van der Waals surface area contributed by atoms with Crippen LogP contribution in [0.25, 0.3) is 0 Å². The molecule has 0 heterocycles. The molecule has 0 amide bonds. The molecule has 0 aromatic heterocycles. The highest BCUT2D eigenvalue weighted by Gasteiger charge is 2.12. The predicted molar refractivity (Wildman–Crippen MR) is 88.2 cm³/mol. The highest BCUT2D eigenvalue weighted by Crippen LogP contribution is 2.29. The number of nitrogens with two attached hydrogens (primary N) is 1. The summed E-state index contributed by atoms with van der Waals surface area (Å²) in [5, 5.41) is 30.6. The van der Waals surface area contributed by atoms with Crippen molar-refractivity contribution in [2.75, 3.05) is 5.43 Å². The first-order valence-corrected chi connectivity index (χ1v) is 6.70. The van der Waals surface area contributed by atoms with E-state index in [0.717, 1.165) is 6.07 Å². The van der Waals surface area contributed by atoms with E-state index in [1.165, 1.54) is 36.4 Å². The van der Waals surface area contributed by atoms with Crippen LogP contribution >= 0.6 is 0 Å². The average molecular weight is 342 g/mol. The monoisotopic (exact) mass is 342 g/mol. The van der Waals surface area contributed by atoms with E-state index in [-0.39, 0.29) is 28.6 Å². The predicted octanol–water partition coefficient (Wildman–Crippen LogP) is 2.75. The summed E-state index contributed by atoms with van der Waals surface area (Å²) >= 11 is 0. The van der Waals surface area contributed by atoms with Gasteiger partial charge in [0.25, 0.3) is 5.69 Å². The van der Waals surface area contributed by atoms with E-state index in [2.05, 4.69) is 10.5 Å². The van der Waals surface area contributed by atoms with Crippen LogP contribution in [0.15, 0.2) is 47.6 Å². The molecule has 0 saturated heterocycles. The van der Waals surface area contributed by atoms with E-state index in [0.29, 0.717) is 0 Å². The number of hydrogen-bond acceptors (Lipinski definition) is 7. The smallest absolute Gasteiger partial charge is 0.275 e. The van der Waals surface area contributed by atoms with Crippen LogP contribution in [0.2, 0.25) is 0 Å². The molecule has 0 unspecified atom stereocenters. The number of nitrogens with zero attached hydrogens (tertiary/aromatic N) is 3. The van der Waals surface area contributed by atoms with Crippen molar-refractivity contribution >= 4 is 22.9 Å². The van der Waals surface area contributed by atoms with Crippen molar-refractivity contribution in [2.45, 2.75) is 0 Å². The molecule has 2 aromatic carbocycles. The summed E-state index contributed by atoms with van der Waals surface area (Å²) in [4.78, 5) is 10.4. The first kappa shape index (κ1) is 17.4. The van der Waals surface area contributed by atoms with E-state index in [1.54, 1.807) is 6.07 Å². The third-order valence-corrected chi connectivity index (χ3v) is 2.81. The Bertz CT molecular complexity index is 889. The van der Waals surface area contributed by atoms with Gasteiger partial charge in [0.15, 0.2) is 5.84 Å². The number of amidine groups is 1. The zero-order valence-electron chi connectivity index (χ0n) is 12.6. The number of anilines is 1. The molecule has 4 N–H and O–H groups in total. The first-order chi connectivity index (χ1) is 11.9. The van der Waals surface area contributed by atoms with Crippen LogP contribution in [0.1, 0.15) is 0 Å². The highest BCUT2D eigenvalue weighted by atomic mass is 19.1. The van der Waals surface area contributed by atoms with Crippen LogP contribution in [0.4, 0.5) is 15.8 Å². The molecule has 25 heavy (non-hydrogen) atoms. The van der Waals surface area contributed by atoms with Crippen molar-refractivity contribution in [3.8, 4) is 17.6 Å². The number of halogens is 1. The normalized spacial score (nSPS) is 10.6. The molecular formula is C15H11FN6O3. The number of nitro benzene ring substituents is 1. The van der Waals surface area contributed by atoms with Crippen LogP contribution < -0.4 is 15.9 Å². The minimum Gasteiger partial charge on any atom is -0.457 e. The summed E-state index contributed by atoms with van der Waals surface area (Å²) in [7, 11) is 0. The molecule has 126 valence electrons. The van der Waals surface area contributed by atoms with E-state index in [4.69, 9.17) is 21.1 Å². The minimum absolute atomic E-state index is 0.0971. The fourth-order valence-corrected chi connectivity index (χ4v) is 1.72. The summed E-state index contributed by atoms with van der Waals surface area (Å²) in [5.74, 6) is -0.628. The second kappa shape index (κ2) is 7.51. The van der Waals surface area contributed by atoms with Gasteiger partial charge in [0, 0.05) is 12.1 Å². The second-order valence-corrected chi connectivity index (χ2v) is 4.63. The topological polar surface area (TPSA) is 150 Å². The zero-order valence-corrected chi connectivity index (χ0v) is 12.6. The number of hydrogen-bond donors (Lipinski definition) is 3. The van der Waals surface area contributed by atoms with E-state index in [9.17, 15) is 14.5 Å². The fraction of sp³-hybridized carbons (Fsp3) is 0. The van der Waals surface area contributed by atoms with E-state index in [1.807, 2.05) is 0 Å². The Hall–Kier alpha value is -4.00. The van der Waals surface area contributed by atoms with Gasteiger partial charge < -0.3 is 10.5 Å². The Balaban J connectivity index is 2.33. The Kier molecular flexibility index (Phi) is 5.22. The zero-order chi connectivity index (χ0) is 18.4. The summed E-state index contributed by atoms with van der Waals surface area (Å²) in [6, 6.07) is 10.4. The molecule has 0 aliphatic heterocycles. The molecule has 0 atom stereocenters. The number of nitriles is 1. The third-order valence-electron chi connectivity index (χ3n) is 2.81. The van der Waals surface area contributed by atoms with E-state index < -0.39 is 16.6 Å². The molecule has 0 spiro atoms. The second-order valence-electron chi connectivity index (χ2n) is 4.63. The number of non-ortho nitro benzene ring substituents is 1. The highest BCUT2D eigenvalue weighted by molar-refractivity contribution is 6.45. The molecule has 0 aliphatic rings. The summed E-state index contributed by atoms with van der Waals surface area (Å²) in [6.45, 7) is 0. The number of ether oxygens (including phenoxy) is 1. The van der Waals surface area contributed by atoms with Gasteiger partial charge >= 0.3 is 0 Å². The van der Waals surface area contributed by atoms with Crippen molar-refractivity contribution in [3.05, 3.63) is 58.4 Å². The van der Waals surface area contributed by atoms with Gasteiger partial charge in [-0.25, -0.2) is 4.39 Å². The van der Waals surface area contributed by atoms with Crippen LogP contribution in [0.5, 0.6) is 11.5 Å². The molecule has 0 saturated carbocycles. The minimum atomic E-state index is -0.636. The lowest BCUT2D eigenvalue weighted by atomic mass is 10.2. The van der Waals surface area contributed by atoms with Crippen LogP contribution in [0, 0.1) is 32.7 Å². The third kappa shape index (κ3) is 4.73. The quantitative estimate of drug-likeness (QED) is 0.318. The van der Waals surface area contributed by atoms with Gasteiger partial charge in [0.1, 0.15) is 23.4 Å². The van der Waals surface area contributed by atoms with Gasteiger partial charge in [0.2, 0.25) is 5.71 Å². The van der Waals surface area contributed by atoms with Crippen LogP contribution in [-0.2, 0) is 0 Å². The van der Waals surface area contributed by atoms with Crippen molar-refractivity contribution in [3.63, 3.8) is 0 Å². The van der Waals surface area contributed by atoms with Crippen molar-refractivity contribution in [1.82, 2.24) is 0 Å². The SMILES string of the molecule is N#C/C(=N\Nc1cc(Oc2ccc(F)cc2)cc([N+](=O)[O-])c1)C(=N)N. The standard InChI is InChI=1S/C15H11FN6O3/c16-9-1-3-12(4-2-9)25-13-6-10(5-11(7-13)22(23)24)20-21-14(8-17)15(18)19/h1-7,20H,(H3,18,19)/b21-14+. The molecule has 0 aliphatic carbocycles. The molecule has 9 nitrogen and oxygen atoms in total. The van der Waals surface area contributed by atoms with Crippen molar-refractivity contribution in [2.24, 2.45) is 10.8 Å². The number of hydrazone groups is 1. The van der Waals surface area contributed by atoms with Gasteiger partial charge in [-0.3, -0.25) is 20.9 Å². The number of rotatable bonds is 6. The molecule has 0 bridgehead atoms. The molecular weight excluding hydrogens is 331 g/mol. The maximum absolute atomic E-state index is 12.9. The Morgan fingerprint density at radius 2 is 2.00 bits per heavy atom. The Morgan fingerprint density at radius 3 is 2.56 bits per heavy atom. The maximum atomic E-state index is 12.9. The lowest BCUT2D eigenvalue weighted by Gasteiger charge is -2.08. The van der Waals surface area contributed by atoms with Crippen LogP contribution in [-0.4, -0.2) is 16.5 Å². The summed E-state index contributed by atoms with van der Waals surface area (Å²) in [6.07, 6.45) is 0. The fourth-order valence-electron chi connectivity index (χ4n) is 1.72. The summed E-state index contributed by atoms with van der Waals surface area (Å²) in [5.41, 5.74) is 7.03. The van der Waals surface area contributed by atoms with Crippen molar-refractivity contribution in [1.29, 1.82) is 10.7 Å². The maximum Gasteiger partial charge on any atom is 0.275 e. The Morgan fingerprint density at radius 1 is 1.32 bits per heavy atom. The molecule has 2 rings (SSSR count). The molecule has 0 radical (unpaired) electrons. The van der Waals surface area contributed by atoms with Gasteiger partial charge in [0.05, 0.1) is 16.7 Å². The largest absolute Gasteiger partial charge is 0.457 e. The molecule has 10 heteroatoms. The van der Waals surface area contributed by atoms with Gasteiger partial charge in [-0.1, -0.05) is 0 Å². The molecule has 0 fully saturated rings. The van der Waals surface area contributed by atoms with E-state index >= 15 is 0 Å². The average Bonchev–Trinajstić information content (AvgIpc) is 2.57. The van der Waals surface area contributed by atoms with Gasteiger partial charge in [-0.2, -0.15) is 10.4 Å². The van der Waals surface area contributed by atoms with Crippen LogP contribution in [0.3, 0.4) is 0 Å². The Labute approximate surface area is 140 Å². The molecule has 2 aromatic rings. The lowest BCUT2D eigenvalue weighted by Crippen LogP contribution is -2.21. The number of nitro groups is 1. The van der Waals surface area contributed by atoms with Gasteiger partial charge in [-0.15, -0.1) is 0 Å². The van der Waals surface area contributed by atoms with Gasteiger partial charge in [-0.05, 0) is 24.3 Å². The van der Waals surface area contributed by atoms with Crippen molar-refractivity contribution < 1.29 is 14.1 Å². The first-order valence-electron chi connectivity index (χ1n) is 6.70. The number of nitrogens with one attached hydrogen (secondary N) is 2. The lowest BCUT2D eigenvalue weighted by molar-refractivity contribution is -0.384. The summed E-state index contributed by atoms with van der Waals surface area (Å²) < 4.78 is 18.4.